The zero-order valence-corrected chi connectivity index (χ0v) is 26.4. The number of benzene rings is 3. The number of ether oxygens (including phenoxy) is 2. The van der Waals surface area contributed by atoms with Crippen LogP contribution >= 0.6 is 0 Å². The fourth-order valence-electron chi connectivity index (χ4n) is 3.95. The molecule has 1 amide bonds. The molecule has 0 saturated heterocycles. The number of aromatic nitrogens is 2. The third-order valence-electron chi connectivity index (χ3n) is 6.44. The van der Waals surface area contributed by atoms with Crippen molar-refractivity contribution in [3.8, 4) is 16.9 Å². The fourth-order valence-corrected chi connectivity index (χ4v) is 4.84. The van der Waals surface area contributed by atoms with E-state index in [9.17, 15) is 36.4 Å². The van der Waals surface area contributed by atoms with Crippen molar-refractivity contribution in [3.63, 3.8) is 0 Å². The number of alkyl halides is 3. The smallest absolute Gasteiger partial charge is 0.435 e. The number of rotatable bonds is 12. The maximum atomic E-state index is 13.5. The van der Waals surface area contributed by atoms with Gasteiger partial charge in [0.05, 0.1) is 33.9 Å². The largest absolute Gasteiger partial charge is 0.569 e. The minimum absolute atomic E-state index is 0.00602. The molecule has 0 bridgehead atoms. The molecule has 0 spiro atoms. The summed E-state index contributed by atoms with van der Waals surface area (Å²) < 4.78 is 78.6. The number of aryl methyl sites for hydroxylation is 1. The van der Waals surface area contributed by atoms with Crippen LogP contribution < -0.4 is 4.72 Å². The van der Waals surface area contributed by atoms with E-state index in [1.807, 2.05) is 6.92 Å². The van der Waals surface area contributed by atoms with Gasteiger partial charge >= 0.3 is 18.2 Å². The summed E-state index contributed by atoms with van der Waals surface area (Å²) in [5.41, 5.74) is 0.743. The van der Waals surface area contributed by atoms with E-state index in [1.54, 1.807) is 47.2 Å². The van der Waals surface area contributed by atoms with Crippen molar-refractivity contribution in [3.05, 3.63) is 107 Å². The average molecular weight is 691 g/mol. The third-order valence-corrected chi connectivity index (χ3v) is 7.77. The van der Waals surface area contributed by atoms with Gasteiger partial charge in [0.2, 0.25) is 5.28 Å². The SMILES string of the molecule is Cc1ccc(-c2cc(C(F)(F)F)nn2-c2ccc(S(=O)(=O)NC(=O)OCCN(C)/[N+]([O-])=N/OC(C)OC(=O)c3ccccc3)cc2)cc1. The lowest BCUT2D eigenvalue weighted by Gasteiger charge is -2.14. The van der Waals surface area contributed by atoms with Crippen molar-refractivity contribution in [2.75, 3.05) is 20.2 Å². The normalized spacial score (nSPS) is 12.6. The van der Waals surface area contributed by atoms with Crippen LogP contribution in [0.4, 0.5) is 18.0 Å². The number of hydrogen-bond acceptors (Lipinski definition) is 10. The van der Waals surface area contributed by atoms with Crippen LogP contribution in [-0.2, 0) is 30.5 Å². The van der Waals surface area contributed by atoms with Gasteiger partial charge in [0.25, 0.3) is 16.3 Å². The summed E-state index contributed by atoms with van der Waals surface area (Å²) in [6.45, 7) is 2.47. The fraction of sp³-hybridized carbons (Fsp3) is 0.233. The van der Waals surface area contributed by atoms with Crippen LogP contribution in [0.3, 0.4) is 0 Å². The molecule has 0 aliphatic rings. The Kier molecular flexibility index (Phi) is 10.9. The molecule has 4 rings (SSSR count). The van der Waals surface area contributed by atoms with Gasteiger partial charge in [0, 0.05) is 12.5 Å². The highest BCUT2D eigenvalue weighted by Gasteiger charge is 2.35. The summed E-state index contributed by atoms with van der Waals surface area (Å²) in [7, 11) is -3.19. The lowest BCUT2D eigenvalue weighted by molar-refractivity contribution is -0.707. The first-order valence-corrected chi connectivity index (χ1v) is 15.5. The second-order valence-corrected chi connectivity index (χ2v) is 11.8. The highest BCUT2D eigenvalue weighted by Crippen LogP contribution is 2.33. The number of esters is 1. The minimum atomic E-state index is -4.72. The minimum Gasteiger partial charge on any atom is -0.569 e. The van der Waals surface area contributed by atoms with Crippen LogP contribution in [-0.4, -0.2) is 66.7 Å². The van der Waals surface area contributed by atoms with E-state index in [-0.39, 0.29) is 33.4 Å². The molecule has 1 aromatic heterocycles. The van der Waals surface area contributed by atoms with E-state index in [0.29, 0.717) is 5.56 Å². The van der Waals surface area contributed by atoms with Gasteiger partial charge in [-0.2, -0.15) is 18.3 Å². The predicted octanol–water partition coefficient (Wildman–Crippen LogP) is 5.23. The quantitative estimate of drug-likeness (QED) is 0.0684. The van der Waals surface area contributed by atoms with Crippen molar-refractivity contribution in [2.24, 2.45) is 5.28 Å². The molecule has 3 aromatic carbocycles. The van der Waals surface area contributed by atoms with Crippen molar-refractivity contribution in [1.29, 1.82) is 0 Å². The first-order valence-electron chi connectivity index (χ1n) is 14.0. The van der Waals surface area contributed by atoms with Crippen molar-refractivity contribution < 1.29 is 50.5 Å². The van der Waals surface area contributed by atoms with Gasteiger partial charge in [-0.25, -0.2) is 27.4 Å². The molecule has 18 heteroatoms. The van der Waals surface area contributed by atoms with E-state index in [4.69, 9.17) is 14.3 Å². The van der Waals surface area contributed by atoms with E-state index in [2.05, 4.69) is 10.4 Å². The maximum Gasteiger partial charge on any atom is 0.435 e. The van der Waals surface area contributed by atoms with Crippen molar-refractivity contribution in [1.82, 2.24) is 19.5 Å². The number of hydrogen-bond donors (Lipinski definition) is 1. The molecule has 14 nitrogen and oxygen atoms in total. The van der Waals surface area contributed by atoms with Crippen LogP contribution in [0.1, 0.15) is 28.5 Å². The number of likely N-dealkylation sites (N-methyl/N-ethyl adjacent to an activating group) is 1. The van der Waals surface area contributed by atoms with Gasteiger partial charge in [-0.15, -0.1) is 5.01 Å². The number of amides is 1. The number of nitrogens with one attached hydrogen (secondary N) is 1. The number of carbonyl (C=O) groups is 2. The summed E-state index contributed by atoms with van der Waals surface area (Å²) in [6.07, 6.45) is -7.29. The third kappa shape index (κ3) is 9.21. The Bertz CT molecular complexity index is 1870. The zero-order chi connectivity index (χ0) is 35.1. The molecular weight excluding hydrogens is 661 g/mol. The number of hydrazine groups is 1. The molecule has 1 unspecified atom stereocenters. The Balaban J connectivity index is 1.31. The highest BCUT2D eigenvalue weighted by molar-refractivity contribution is 7.90. The van der Waals surface area contributed by atoms with E-state index < -0.39 is 46.9 Å². The standard InChI is InChI=1S/C30H29F3N6O8S/c1-20-9-11-22(12-10-20)26-19-27(30(31,32)33)34-38(26)24-13-15-25(16-14-24)48(43,44)35-29(41)45-18-17-37(3)39(42)36-47-21(2)46-28(40)23-7-5-4-6-8-23/h4-16,19,21H,17-18H2,1-3H3,(H,35,41)/b39-36-. The molecule has 0 saturated carbocycles. The average Bonchev–Trinajstić information content (AvgIpc) is 3.50. The van der Waals surface area contributed by atoms with Gasteiger partial charge in [-0.1, -0.05) is 48.0 Å². The second kappa shape index (κ2) is 14.8. The molecule has 0 aliphatic heterocycles. The molecule has 1 atom stereocenters. The van der Waals surface area contributed by atoms with E-state index in [0.717, 1.165) is 33.5 Å². The van der Waals surface area contributed by atoms with Crippen LogP contribution in [0, 0.1) is 12.1 Å². The number of nitrogens with zero attached hydrogens (tertiary/aromatic N) is 5. The summed E-state index contributed by atoms with van der Waals surface area (Å²) in [4.78, 5) is 28.7. The molecule has 0 fully saturated rings. The van der Waals surface area contributed by atoms with E-state index in [1.165, 1.54) is 38.2 Å². The summed E-state index contributed by atoms with van der Waals surface area (Å²) in [6, 6.07) is 20.3. The van der Waals surface area contributed by atoms with Crippen LogP contribution in [0.15, 0.2) is 95.1 Å². The van der Waals surface area contributed by atoms with Crippen LogP contribution in [0.2, 0.25) is 0 Å². The molecule has 0 aliphatic carbocycles. The van der Waals surface area contributed by atoms with Gasteiger partial charge in [0.1, 0.15) is 13.2 Å². The second-order valence-electron chi connectivity index (χ2n) is 10.1. The Morgan fingerprint density at radius 1 is 1.06 bits per heavy atom. The molecule has 1 N–H and O–H groups in total. The van der Waals surface area contributed by atoms with Crippen LogP contribution in [0.5, 0.6) is 0 Å². The van der Waals surface area contributed by atoms with E-state index >= 15 is 0 Å². The maximum absolute atomic E-state index is 13.5. The molecular formula is C30H29F3N6O8S. The highest BCUT2D eigenvalue weighted by atomic mass is 32.2. The lowest BCUT2D eigenvalue weighted by atomic mass is 10.1. The predicted molar refractivity (Wildman–Crippen MR) is 161 cm³/mol. The Hall–Kier alpha value is -5.65. The van der Waals surface area contributed by atoms with Gasteiger partial charge in [-0.05, 0) is 49.4 Å². The zero-order valence-electron chi connectivity index (χ0n) is 25.6. The Morgan fingerprint density at radius 2 is 1.71 bits per heavy atom. The van der Waals surface area contributed by atoms with Crippen molar-refractivity contribution >= 4 is 22.1 Å². The molecule has 48 heavy (non-hydrogen) atoms. The van der Waals surface area contributed by atoms with Gasteiger partial charge < -0.3 is 14.7 Å². The summed E-state index contributed by atoms with van der Waals surface area (Å²) in [5.74, 6) is -0.695. The molecule has 1 heterocycles. The monoisotopic (exact) mass is 690 g/mol. The Labute approximate surface area is 272 Å². The Morgan fingerprint density at radius 3 is 2.33 bits per heavy atom. The molecule has 0 radical (unpaired) electrons. The number of sulfonamides is 1. The topological polar surface area (TPSA) is 167 Å². The van der Waals surface area contributed by atoms with Crippen LogP contribution in [0.25, 0.3) is 16.9 Å². The number of carbonyl (C=O) groups excluding carboxylic acids is 2. The first kappa shape index (κ1) is 35.2. The lowest BCUT2D eigenvalue weighted by Crippen LogP contribution is -2.35. The molecule has 254 valence electrons. The summed E-state index contributed by atoms with van der Waals surface area (Å²) >= 11 is 0. The summed E-state index contributed by atoms with van der Waals surface area (Å²) in [5, 5.41) is 19.9. The molecule has 4 aromatic rings. The number of halogens is 3. The van der Waals surface area contributed by atoms with Gasteiger partial charge in [-0.3, -0.25) is 4.84 Å². The van der Waals surface area contributed by atoms with Gasteiger partial charge in [0.15, 0.2) is 5.69 Å². The first-order chi connectivity index (χ1) is 22.6. The van der Waals surface area contributed by atoms with Crippen molar-refractivity contribution in [2.45, 2.75) is 31.2 Å².